The van der Waals surface area contributed by atoms with Crippen LogP contribution in [-0.4, -0.2) is 28.5 Å². The van der Waals surface area contributed by atoms with Crippen LogP contribution in [0.15, 0.2) is 24.3 Å². The molecule has 7 nitrogen and oxygen atoms in total. The van der Waals surface area contributed by atoms with Gasteiger partial charge >= 0.3 is 12.1 Å². The molecular weight excluding hydrogens is 296 g/mol. The third kappa shape index (κ3) is 3.08. The molecule has 3 N–H and O–H groups in total. The Morgan fingerprint density at radius 1 is 1.43 bits per heavy atom. The number of hydrogen-bond acceptors (Lipinski definition) is 3. The molecule has 0 aliphatic carbocycles. The molecule has 0 bridgehead atoms. The van der Waals surface area contributed by atoms with Crippen molar-refractivity contribution >= 4 is 35.3 Å². The van der Waals surface area contributed by atoms with Crippen LogP contribution in [-0.2, 0) is 4.79 Å². The molecule has 1 aromatic rings. The van der Waals surface area contributed by atoms with Crippen LogP contribution in [0.25, 0.3) is 0 Å². The highest BCUT2D eigenvalue weighted by atomic mass is 35.5. The molecule has 112 valence electrons. The molecule has 1 heterocycles. The van der Waals surface area contributed by atoms with Gasteiger partial charge in [-0.05, 0) is 31.5 Å². The van der Waals surface area contributed by atoms with Crippen LogP contribution in [0.4, 0.5) is 15.3 Å². The molecule has 0 radical (unpaired) electrons. The topological polar surface area (TPSA) is 90.5 Å². The molecule has 1 aromatic carbocycles. The van der Waals surface area contributed by atoms with E-state index < -0.39 is 23.5 Å². The Bertz CT molecular complexity index is 607. The summed E-state index contributed by atoms with van der Waals surface area (Å²) in [7, 11) is 0. The van der Waals surface area contributed by atoms with Crippen LogP contribution >= 0.6 is 11.6 Å². The lowest BCUT2D eigenvalue weighted by molar-refractivity contribution is -0.132. The maximum atomic E-state index is 12.1. The fraction of sp³-hybridized carbons (Fsp3) is 0.308. The number of anilines is 1. The van der Waals surface area contributed by atoms with Crippen molar-refractivity contribution in [1.29, 1.82) is 0 Å². The van der Waals surface area contributed by atoms with Gasteiger partial charge in [-0.15, -0.1) is 0 Å². The van der Waals surface area contributed by atoms with E-state index in [-0.39, 0.29) is 0 Å². The second-order valence-electron chi connectivity index (χ2n) is 4.83. The number of amides is 5. The highest BCUT2D eigenvalue weighted by Gasteiger charge is 2.47. The minimum Gasteiger partial charge on any atom is -0.322 e. The number of nitrogens with zero attached hydrogens (tertiary/aromatic N) is 1. The SMILES string of the molecule is CC[C@@]1(C)NC(=O)N(NC(=O)Nc2cccc(Cl)c2)C1=O. The number of rotatable bonds is 3. The third-order valence-corrected chi connectivity index (χ3v) is 3.50. The predicted octanol–water partition coefficient (Wildman–Crippen LogP) is 2.10. The van der Waals surface area contributed by atoms with Crippen LogP contribution in [0, 0.1) is 0 Å². The fourth-order valence-electron chi connectivity index (χ4n) is 1.85. The smallest absolute Gasteiger partial charge is 0.322 e. The number of nitrogens with one attached hydrogen (secondary N) is 3. The zero-order chi connectivity index (χ0) is 15.6. The van der Waals surface area contributed by atoms with Crippen molar-refractivity contribution in [2.24, 2.45) is 0 Å². The molecule has 0 aromatic heterocycles. The maximum Gasteiger partial charge on any atom is 0.344 e. The first-order chi connectivity index (χ1) is 9.85. The van der Waals surface area contributed by atoms with Crippen LogP contribution in [0.3, 0.4) is 0 Å². The number of benzene rings is 1. The number of carbonyl (C=O) groups is 3. The quantitative estimate of drug-likeness (QED) is 0.747. The van der Waals surface area contributed by atoms with E-state index in [0.717, 1.165) is 0 Å². The van der Waals surface area contributed by atoms with Gasteiger partial charge in [0.2, 0.25) is 0 Å². The molecule has 1 aliphatic rings. The second-order valence-corrected chi connectivity index (χ2v) is 5.27. The molecular formula is C13H15ClN4O3. The first kappa shape index (κ1) is 15.1. The lowest BCUT2D eigenvalue weighted by atomic mass is 10.00. The summed E-state index contributed by atoms with van der Waals surface area (Å²) in [6.45, 7) is 3.37. The monoisotopic (exact) mass is 310 g/mol. The Labute approximate surface area is 126 Å². The molecule has 1 fully saturated rings. The van der Waals surface area contributed by atoms with Crippen molar-refractivity contribution in [2.45, 2.75) is 25.8 Å². The van der Waals surface area contributed by atoms with Gasteiger partial charge in [0.05, 0.1) is 0 Å². The number of carbonyl (C=O) groups excluding carboxylic acids is 3. The van der Waals surface area contributed by atoms with Gasteiger partial charge in [0.1, 0.15) is 5.54 Å². The van der Waals surface area contributed by atoms with Gasteiger partial charge in [-0.1, -0.05) is 24.6 Å². The standard InChI is InChI=1S/C13H15ClN4O3/c1-3-13(2)10(19)18(12(21)16-13)17-11(20)15-9-6-4-5-8(14)7-9/h4-7H,3H2,1-2H3,(H,16,21)(H2,15,17,20)/t13-/m1/s1. The summed E-state index contributed by atoms with van der Waals surface area (Å²) in [6.07, 6.45) is 0.422. The largest absolute Gasteiger partial charge is 0.344 e. The number of urea groups is 2. The highest BCUT2D eigenvalue weighted by molar-refractivity contribution is 6.30. The molecule has 21 heavy (non-hydrogen) atoms. The molecule has 1 saturated heterocycles. The number of hydrazine groups is 1. The minimum atomic E-state index is -1.000. The van der Waals surface area contributed by atoms with Crippen LogP contribution < -0.4 is 16.1 Å². The Morgan fingerprint density at radius 3 is 2.71 bits per heavy atom. The summed E-state index contributed by atoms with van der Waals surface area (Å²) in [5.74, 6) is -0.503. The van der Waals surface area contributed by atoms with Crippen LogP contribution in [0.2, 0.25) is 5.02 Å². The Hall–Kier alpha value is -2.28. The van der Waals surface area contributed by atoms with Crippen LogP contribution in [0.1, 0.15) is 20.3 Å². The summed E-state index contributed by atoms with van der Waals surface area (Å²) >= 11 is 5.80. The van der Waals surface area contributed by atoms with Crippen molar-refractivity contribution in [3.63, 3.8) is 0 Å². The first-order valence-corrected chi connectivity index (χ1v) is 6.73. The first-order valence-electron chi connectivity index (χ1n) is 6.35. The molecule has 8 heteroatoms. The number of halogens is 1. The lowest BCUT2D eigenvalue weighted by Gasteiger charge is -2.19. The van der Waals surface area contributed by atoms with Crippen molar-refractivity contribution in [2.75, 3.05) is 5.32 Å². The number of hydrogen-bond donors (Lipinski definition) is 3. The third-order valence-electron chi connectivity index (χ3n) is 3.26. The van der Waals surface area contributed by atoms with Gasteiger partial charge in [0, 0.05) is 10.7 Å². The molecule has 0 unspecified atom stereocenters. The van der Waals surface area contributed by atoms with E-state index in [1.165, 1.54) is 0 Å². The Balaban J connectivity index is 2.03. The molecule has 5 amide bonds. The Morgan fingerprint density at radius 2 is 2.14 bits per heavy atom. The molecule has 2 rings (SSSR count). The summed E-state index contributed by atoms with van der Waals surface area (Å²) in [4.78, 5) is 35.7. The van der Waals surface area contributed by atoms with Crippen molar-refractivity contribution in [1.82, 2.24) is 15.8 Å². The van der Waals surface area contributed by atoms with E-state index in [1.807, 2.05) is 0 Å². The van der Waals surface area contributed by atoms with E-state index in [2.05, 4.69) is 16.1 Å². The fourth-order valence-corrected chi connectivity index (χ4v) is 2.04. The molecule has 0 spiro atoms. The maximum absolute atomic E-state index is 12.1. The van der Waals surface area contributed by atoms with Gasteiger partial charge in [0.25, 0.3) is 5.91 Å². The van der Waals surface area contributed by atoms with Gasteiger partial charge in [-0.2, -0.15) is 5.01 Å². The summed E-state index contributed by atoms with van der Waals surface area (Å²) in [5, 5.41) is 6.15. The lowest BCUT2D eigenvalue weighted by Crippen LogP contribution is -2.49. The van der Waals surface area contributed by atoms with Gasteiger partial charge < -0.3 is 10.6 Å². The van der Waals surface area contributed by atoms with Crippen molar-refractivity contribution in [3.05, 3.63) is 29.3 Å². The molecule has 0 saturated carbocycles. The van der Waals surface area contributed by atoms with E-state index >= 15 is 0 Å². The van der Waals surface area contributed by atoms with E-state index in [4.69, 9.17) is 11.6 Å². The minimum absolute atomic E-state index is 0.422. The zero-order valence-corrected chi connectivity index (χ0v) is 12.3. The van der Waals surface area contributed by atoms with Crippen molar-refractivity contribution < 1.29 is 14.4 Å². The van der Waals surface area contributed by atoms with E-state index in [1.54, 1.807) is 38.1 Å². The normalized spacial score (nSPS) is 21.2. The zero-order valence-electron chi connectivity index (χ0n) is 11.6. The number of imide groups is 1. The summed E-state index contributed by atoms with van der Waals surface area (Å²) in [5.41, 5.74) is 1.66. The predicted molar refractivity (Wildman–Crippen MR) is 77.7 cm³/mol. The van der Waals surface area contributed by atoms with Gasteiger partial charge in [-0.25, -0.2) is 15.0 Å². The summed E-state index contributed by atoms with van der Waals surface area (Å²) in [6, 6.07) is 5.14. The summed E-state index contributed by atoms with van der Waals surface area (Å²) < 4.78 is 0. The van der Waals surface area contributed by atoms with E-state index in [0.29, 0.717) is 22.1 Å². The average molecular weight is 311 g/mol. The van der Waals surface area contributed by atoms with Crippen molar-refractivity contribution in [3.8, 4) is 0 Å². The van der Waals surface area contributed by atoms with Gasteiger partial charge in [-0.3, -0.25) is 4.79 Å². The highest BCUT2D eigenvalue weighted by Crippen LogP contribution is 2.19. The van der Waals surface area contributed by atoms with Crippen LogP contribution in [0.5, 0.6) is 0 Å². The Kier molecular flexibility index (Phi) is 4.04. The molecule has 1 aliphatic heterocycles. The average Bonchev–Trinajstić information content (AvgIpc) is 2.63. The second kappa shape index (κ2) is 5.61. The molecule has 1 atom stereocenters. The van der Waals surface area contributed by atoms with E-state index in [9.17, 15) is 14.4 Å². The van der Waals surface area contributed by atoms with Gasteiger partial charge in [0.15, 0.2) is 0 Å².